The Balaban J connectivity index is 1.35. The molecule has 4 aliphatic rings. The van der Waals surface area contributed by atoms with Crippen LogP contribution in [0, 0.1) is 23.2 Å². The molecule has 0 radical (unpaired) electrons. The average Bonchev–Trinajstić information content (AvgIpc) is 3.72. The molecule has 3 aliphatic carbocycles. The van der Waals surface area contributed by atoms with E-state index in [-0.39, 0.29) is 12.0 Å². The molecule has 0 aromatic carbocycles. The van der Waals surface area contributed by atoms with E-state index in [9.17, 15) is 10.1 Å². The topological polar surface area (TPSA) is 73.1 Å². The van der Waals surface area contributed by atoms with E-state index in [4.69, 9.17) is 9.97 Å². The van der Waals surface area contributed by atoms with Gasteiger partial charge in [-0.1, -0.05) is 12.6 Å². The first-order valence-electron chi connectivity index (χ1n) is 12.3. The Kier molecular flexibility index (Phi) is 4.94. The maximum Gasteiger partial charge on any atom is 0.226 e. The van der Waals surface area contributed by atoms with E-state index < -0.39 is 0 Å². The minimum atomic E-state index is 0.246. The van der Waals surface area contributed by atoms with Gasteiger partial charge in [-0.3, -0.25) is 4.79 Å². The molecule has 3 saturated carbocycles. The van der Waals surface area contributed by atoms with Crippen molar-refractivity contribution in [1.29, 1.82) is 5.26 Å². The van der Waals surface area contributed by atoms with Gasteiger partial charge in [0.25, 0.3) is 0 Å². The highest BCUT2D eigenvalue weighted by Crippen LogP contribution is 2.45. The second-order valence-corrected chi connectivity index (χ2v) is 9.99. The third-order valence-electron chi connectivity index (χ3n) is 7.47. The van der Waals surface area contributed by atoms with Gasteiger partial charge in [0.05, 0.1) is 28.7 Å². The molecule has 4 fully saturated rings. The minimum absolute atomic E-state index is 0.246. The number of anilines is 1. The largest absolute Gasteiger partial charge is 0.352 e. The van der Waals surface area contributed by atoms with Gasteiger partial charge in [-0.05, 0) is 68.7 Å². The molecule has 1 atom stereocenters. The number of aromatic nitrogens is 2. The molecule has 6 rings (SSSR count). The predicted octanol–water partition coefficient (Wildman–Crippen LogP) is 4.37. The van der Waals surface area contributed by atoms with E-state index in [0.29, 0.717) is 23.3 Å². The van der Waals surface area contributed by atoms with E-state index in [0.717, 1.165) is 73.8 Å². The Labute approximate surface area is 194 Å². The zero-order valence-corrected chi connectivity index (χ0v) is 18.9. The molecule has 2 aromatic heterocycles. The summed E-state index contributed by atoms with van der Waals surface area (Å²) in [5.41, 5.74) is 4.28. The van der Waals surface area contributed by atoms with Crippen LogP contribution < -0.4 is 4.90 Å². The van der Waals surface area contributed by atoms with Crippen molar-refractivity contribution < 1.29 is 4.79 Å². The molecule has 0 unspecified atom stereocenters. The third kappa shape index (κ3) is 3.90. The van der Waals surface area contributed by atoms with Crippen molar-refractivity contribution in [3.05, 3.63) is 47.8 Å². The Morgan fingerprint density at radius 3 is 2.61 bits per heavy atom. The van der Waals surface area contributed by atoms with Crippen LogP contribution in [-0.2, 0) is 4.79 Å². The molecular weight excluding hydrogens is 410 g/mol. The summed E-state index contributed by atoms with van der Waals surface area (Å²) in [7, 11) is 0. The van der Waals surface area contributed by atoms with Crippen LogP contribution in [0.25, 0.3) is 17.3 Å². The van der Waals surface area contributed by atoms with Gasteiger partial charge in [-0.15, -0.1) is 0 Å². The molecule has 1 saturated heterocycles. The third-order valence-corrected chi connectivity index (χ3v) is 7.47. The van der Waals surface area contributed by atoms with Crippen LogP contribution in [0.3, 0.4) is 0 Å². The molecule has 1 aliphatic heterocycles. The van der Waals surface area contributed by atoms with Crippen LogP contribution in [0.15, 0.2) is 30.8 Å². The number of piperazine rings is 1. The average molecular weight is 440 g/mol. The lowest BCUT2D eigenvalue weighted by atomic mass is 10.0. The molecular formula is C27H29N5O. The SMILES string of the molecule is C=Cc1cccc(-c2cc(C#N)c(N3CCN(C(=O)C4CC4)[C@H](C4CC4)C3)nc2C2CC2)n1. The van der Waals surface area contributed by atoms with E-state index >= 15 is 0 Å². The van der Waals surface area contributed by atoms with E-state index in [1.807, 2.05) is 24.3 Å². The second-order valence-electron chi connectivity index (χ2n) is 9.99. The zero-order valence-electron chi connectivity index (χ0n) is 18.9. The van der Waals surface area contributed by atoms with Gasteiger partial charge in [0.2, 0.25) is 5.91 Å². The van der Waals surface area contributed by atoms with Gasteiger partial charge < -0.3 is 9.80 Å². The quantitative estimate of drug-likeness (QED) is 0.668. The molecule has 0 N–H and O–H groups in total. The van der Waals surface area contributed by atoms with Crippen molar-refractivity contribution in [3.8, 4) is 17.3 Å². The van der Waals surface area contributed by atoms with Crippen molar-refractivity contribution in [2.45, 2.75) is 50.5 Å². The summed E-state index contributed by atoms with van der Waals surface area (Å²) in [6.45, 7) is 6.08. The summed E-state index contributed by atoms with van der Waals surface area (Å²) in [4.78, 5) is 27.2. The molecule has 0 bridgehead atoms. The Morgan fingerprint density at radius 1 is 1.12 bits per heavy atom. The molecule has 6 nitrogen and oxygen atoms in total. The van der Waals surface area contributed by atoms with Gasteiger partial charge in [0.1, 0.15) is 11.9 Å². The highest BCUT2D eigenvalue weighted by atomic mass is 16.2. The van der Waals surface area contributed by atoms with Crippen molar-refractivity contribution >= 4 is 17.8 Å². The van der Waals surface area contributed by atoms with Gasteiger partial charge >= 0.3 is 0 Å². The smallest absolute Gasteiger partial charge is 0.226 e. The lowest BCUT2D eigenvalue weighted by Gasteiger charge is -2.43. The first-order valence-corrected chi connectivity index (χ1v) is 12.3. The van der Waals surface area contributed by atoms with Crippen LogP contribution in [0.4, 0.5) is 5.82 Å². The fourth-order valence-corrected chi connectivity index (χ4v) is 5.15. The molecule has 3 heterocycles. The molecule has 33 heavy (non-hydrogen) atoms. The van der Waals surface area contributed by atoms with Gasteiger partial charge in [-0.25, -0.2) is 9.97 Å². The van der Waals surface area contributed by atoms with Crippen LogP contribution in [-0.4, -0.2) is 46.5 Å². The van der Waals surface area contributed by atoms with Gasteiger partial charge in [-0.2, -0.15) is 5.26 Å². The number of pyridine rings is 2. The van der Waals surface area contributed by atoms with Crippen LogP contribution in [0.5, 0.6) is 0 Å². The van der Waals surface area contributed by atoms with Crippen molar-refractivity contribution in [2.24, 2.45) is 11.8 Å². The monoisotopic (exact) mass is 439 g/mol. The summed E-state index contributed by atoms with van der Waals surface area (Å²) < 4.78 is 0. The molecule has 1 amide bonds. The second kappa shape index (κ2) is 7.98. The number of carbonyl (C=O) groups excluding carboxylic acids is 1. The van der Waals surface area contributed by atoms with Gasteiger partial charge in [0.15, 0.2) is 0 Å². The summed E-state index contributed by atoms with van der Waals surface area (Å²) >= 11 is 0. The molecule has 2 aromatic rings. The lowest BCUT2D eigenvalue weighted by molar-refractivity contribution is -0.135. The van der Waals surface area contributed by atoms with Crippen molar-refractivity contribution in [1.82, 2.24) is 14.9 Å². The van der Waals surface area contributed by atoms with Crippen LogP contribution >= 0.6 is 0 Å². The Hall–Kier alpha value is -3.20. The number of hydrogen-bond donors (Lipinski definition) is 0. The number of carbonyl (C=O) groups is 1. The first-order chi connectivity index (χ1) is 16.2. The highest BCUT2D eigenvalue weighted by Gasteiger charge is 2.45. The molecule has 168 valence electrons. The zero-order chi connectivity index (χ0) is 22.5. The summed E-state index contributed by atoms with van der Waals surface area (Å²) in [6.07, 6.45) is 8.48. The summed E-state index contributed by atoms with van der Waals surface area (Å²) in [5.74, 6) is 2.41. The minimum Gasteiger partial charge on any atom is -0.352 e. The normalized spacial score (nSPS) is 22.7. The summed E-state index contributed by atoms with van der Waals surface area (Å²) in [6, 6.07) is 10.5. The van der Waals surface area contributed by atoms with Crippen molar-refractivity contribution in [3.63, 3.8) is 0 Å². The fourth-order valence-electron chi connectivity index (χ4n) is 5.15. The van der Waals surface area contributed by atoms with E-state index in [2.05, 4.69) is 22.4 Å². The summed E-state index contributed by atoms with van der Waals surface area (Å²) in [5, 5.41) is 10.1. The number of rotatable bonds is 6. The van der Waals surface area contributed by atoms with Crippen LogP contribution in [0.2, 0.25) is 0 Å². The van der Waals surface area contributed by atoms with Crippen molar-refractivity contribution in [2.75, 3.05) is 24.5 Å². The predicted molar refractivity (Wildman–Crippen MR) is 127 cm³/mol. The molecule has 0 spiro atoms. The number of amides is 1. The number of nitriles is 1. The first kappa shape index (κ1) is 20.4. The standard InChI is InChI=1S/C27H29N5O/c1-2-21-4-3-5-23(29-21)22-14-20(15-28)26(30-25(22)18-8-9-18)31-12-13-32(27(33)19-10-11-19)24(16-31)17-6-7-17/h2-5,14,17-19,24H,1,6-13,16H2/t24-/m0/s1. The Morgan fingerprint density at radius 2 is 1.94 bits per heavy atom. The van der Waals surface area contributed by atoms with E-state index in [1.165, 1.54) is 12.8 Å². The highest BCUT2D eigenvalue weighted by molar-refractivity contribution is 5.82. The Bertz CT molecular complexity index is 1160. The maximum absolute atomic E-state index is 12.9. The van der Waals surface area contributed by atoms with E-state index in [1.54, 1.807) is 6.08 Å². The fraction of sp³-hybridized carbons (Fsp3) is 0.481. The maximum atomic E-state index is 12.9. The number of hydrogen-bond acceptors (Lipinski definition) is 5. The molecule has 6 heteroatoms. The van der Waals surface area contributed by atoms with Crippen LogP contribution in [0.1, 0.15) is 61.4 Å². The lowest BCUT2D eigenvalue weighted by Crippen LogP contribution is -2.57. The number of nitrogens with zero attached hydrogens (tertiary/aromatic N) is 5. The van der Waals surface area contributed by atoms with Gasteiger partial charge in [0, 0.05) is 37.0 Å².